The average molecular weight is 199 g/mol. The number of hydrogen-bond acceptors (Lipinski definition) is 2. The topological polar surface area (TPSA) is 32.6 Å². The van der Waals surface area contributed by atoms with Crippen LogP contribution in [-0.2, 0) is 0 Å². The summed E-state index contributed by atoms with van der Waals surface area (Å²) in [7, 11) is 0. The molecule has 0 aliphatic carbocycles. The third-order valence-corrected chi connectivity index (χ3v) is 2.74. The van der Waals surface area contributed by atoms with E-state index >= 15 is 0 Å². The van der Waals surface area contributed by atoms with Gasteiger partial charge in [0.2, 0.25) is 0 Å². The molecule has 0 bridgehead atoms. The fourth-order valence-electron chi connectivity index (χ4n) is 1.77. The fraction of sp³-hybridized carbons (Fsp3) is 0.917. The number of aliphatic hydroxyl groups is 1. The molecule has 0 saturated heterocycles. The van der Waals surface area contributed by atoms with Gasteiger partial charge in [-0.05, 0) is 32.6 Å². The van der Waals surface area contributed by atoms with Crippen molar-refractivity contribution in [1.82, 2.24) is 0 Å². The van der Waals surface area contributed by atoms with Crippen LogP contribution in [0.4, 0.5) is 0 Å². The molecule has 1 N–H and O–H groups in total. The molecule has 0 rings (SSSR count). The van der Waals surface area contributed by atoms with E-state index in [9.17, 15) is 5.11 Å². The first kappa shape index (κ1) is 13.6. The summed E-state index contributed by atoms with van der Waals surface area (Å²) in [6.07, 6.45) is 1.57. The molecular formula is C12H25NO. The Labute approximate surface area is 88.4 Å². The van der Waals surface area contributed by atoms with E-state index in [1.807, 2.05) is 20.8 Å². The summed E-state index contributed by atoms with van der Waals surface area (Å²) in [6, 6.07) is 0.266. The molecule has 0 aromatic heterocycles. The molecule has 0 heterocycles. The van der Waals surface area contributed by atoms with Crippen molar-refractivity contribution in [3.8, 4) is 0 Å². The highest BCUT2D eigenvalue weighted by Crippen LogP contribution is 2.25. The molecule has 0 saturated carbocycles. The van der Waals surface area contributed by atoms with E-state index in [-0.39, 0.29) is 12.0 Å². The van der Waals surface area contributed by atoms with Crippen molar-refractivity contribution < 1.29 is 5.11 Å². The van der Waals surface area contributed by atoms with E-state index < -0.39 is 5.60 Å². The molecule has 1 atom stereocenters. The summed E-state index contributed by atoms with van der Waals surface area (Å²) in [6.45, 7) is 12.3. The molecule has 0 fully saturated rings. The third kappa shape index (κ3) is 3.09. The van der Waals surface area contributed by atoms with Crippen molar-refractivity contribution in [3.63, 3.8) is 0 Å². The minimum absolute atomic E-state index is 0.227. The van der Waals surface area contributed by atoms with E-state index in [1.165, 1.54) is 0 Å². The lowest BCUT2D eigenvalue weighted by atomic mass is 9.82. The predicted octanol–water partition coefficient (Wildman–Crippen LogP) is 3.04. The Bertz CT molecular complexity index is 196. The summed E-state index contributed by atoms with van der Waals surface area (Å²) in [4.78, 5) is 4.53. The quantitative estimate of drug-likeness (QED) is 0.678. The molecule has 0 amide bonds. The van der Waals surface area contributed by atoms with Crippen LogP contribution in [0.3, 0.4) is 0 Å². The van der Waals surface area contributed by atoms with Crippen LogP contribution in [0.1, 0.15) is 54.4 Å². The van der Waals surface area contributed by atoms with Crippen LogP contribution in [0.5, 0.6) is 0 Å². The fourth-order valence-corrected chi connectivity index (χ4v) is 1.77. The second-order valence-corrected chi connectivity index (χ2v) is 4.46. The van der Waals surface area contributed by atoms with Crippen molar-refractivity contribution in [2.24, 2.45) is 10.9 Å². The van der Waals surface area contributed by atoms with Gasteiger partial charge in [0.15, 0.2) is 0 Å². The standard InChI is InChI=1S/C12H25NO/c1-7-11(13-10(5)6)12(14,8-2)9(3)4/h9-10,14H,7-8H2,1-6H3. The van der Waals surface area contributed by atoms with Crippen LogP contribution in [-0.4, -0.2) is 22.5 Å². The maximum Gasteiger partial charge on any atom is 0.104 e. The zero-order valence-corrected chi connectivity index (χ0v) is 10.5. The molecule has 2 nitrogen and oxygen atoms in total. The Morgan fingerprint density at radius 1 is 1.21 bits per heavy atom. The second-order valence-electron chi connectivity index (χ2n) is 4.46. The summed E-state index contributed by atoms with van der Waals surface area (Å²) in [5, 5.41) is 10.5. The Hall–Kier alpha value is -0.370. The highest BCUT2D eigenvalue weighted by Gasteiger charge is 2.33. The second kappa shape index (κ2) is 5.50. The molecule has 0 radical (unpaired) electrons. The smallest absolute Gasteiger partial charge is 0.104 e. The van der Waals surface area contributed by atoms with Gasteiger partial charge in [0.25, 0.3) is 0 Å². The molecule has 2 heteroatoms. The van der Waals surface area contributed by atoms with Gasteiger partial charge in [-0.15, -0.1) is 0 Å². The van der Waals surface area contributed by atoms with Crippen molar-refractivity contribution >= 4 is 5.71 Å². The van der Waals surface area contributed by atoms with Crippen molar-refractivity contribution in [3.05, 3.63) is 0 Å². The lowest BCUT2D eigenvalue weighted by Gasteiger charge is -2.32. The maximum absolute atomic E-state index is 10.5. The van der Waals surface area contributed by atoms with Gasteiger partial charge in [-0.3, -0.25) is 4.99 Å². The van der Waals surface area contributed by atoms with Gasteiger partial charge in [0, 0.05) is 11.8 Å². The molecule has 1 unspecified atom stereocenters. The number of nitrogens with zero attached hydrogens (tertiary/aromatic N) is 1. The third-order valence-electron chi connectivity index (χ3n) is 2.74. The van der Waals surface area contributed by atoms with E-state index in [2.05, 4.69) is 25.8 Å². The molecule has 0 aliphatic rings. The van der Waals surface area contributed by atoms with Crippen LogP contribution in [0.2, 0.25) is 0 Å². The van der Waals surface area contributed by atoms with Gasteiger partial charge in [-0.25, -0.2) is 0 Å². The Kier molecular flexibility index (Phi) is 5.35. The van der Waals surface area contributed by atoms with E-state index in [4.69, 9.17) is 0 Å². The summed E-state index contributed by atoms with van der Waals surface area (Å²) >= 11 is 0. The van der Waals surface area contributed by atoms with Crippen molar-refractivity contribution in [1.29, 1.82) is 0 Å². The van der Waals surface area contributed by atoms with Gasteiger partial charge >= 0.3 is 0 Å². The summed E-state index contributed by atoms with van der Waals surface area (Å²) < 4.78 is 0. The van der Waals surface area contributed by atoms with Gasteiger partial charge < -0.3 is 5.11 Å². The Balaban J connectivity index is 4.96. The van der Waals surface area contributed by atoms with E-state index in [1.54, 1.807) is 0 Å². The zero-order valence-electron chi connectivity index (χ0n) is 10.5. The molecule has 0 aromatic rings. The van der Waals surface area contributed by atoms with Crippen LogP contribution in [0.25, 0.3) is 0 Å². The average Bonchev–Trinajstić information content (AvgIpc) is 2.12. The maximum atomic E-state index is 10.5. The lowest BCUT2D eigenvalue weighted by molar-refractivity contribution is 0.0575. The van der Waals surface area contributed by atoms with Gasteiger partial charge in [-0.2, -0.15) is 0 Å². The number of aliphatic imine (C=N–C) groups is 1. The van der Waals surface area contributed by atoms with E-state index in [0.717, 1.165) is 18.6 Å². The van der Waals surface area contributed by atoms with E-state index in [0.29, 0.717) is 0 Å². The Morgan fingerprint density at radius 2 is 1.71 bits per heavy atom. The minimum atomic E-state index is -0.709. The van der Waals surface area contributed by atoms with Crippen LogP contribution < -0.4 is 0 Å². The van der Waals surface area contributed by atoms with Gasteiger partial charge in [-0.1, -0.05) is 27.7 Å². The highest BCUT2D eigenvalue weighted by molar-refractivity contribution is 5.92. The summed E-state index contributed by atoms with van der Waals surface area (Å²) in [5.74, 6) is 0.227. The van der Waals surface area contributed by atoms with Crippen LogP contribution in [0.15, 0.2) is 4.99 Å². The number of hydrogen-bond donors (Lipinski definition) is 1. The first-order valence-electron chi connectivity index (χ1n) is 5.67. The number of rotatable bonds is 5. The van der Waals surface area contributed by atoms with Crippen LogP contribution >= 0.6 is 0 Å². The van der Waals surface area contributed by atoms with Gasteiger partial charge in [0.1, 0.15) is 5.60 Å². The van der Waals surface area contributed by atoms with Gasteiger partial charge in [0.05, 0.1) is 0 Å². The first-order chi connectivity index (χ1) is 6.38. The first-order valence-corrected chi connectivity index (χ1v) is 5.67. The molecule has 0 aliphatic heterocycles. The minimum Gasteiger partial charge on any atom is -0.384 e. The van der Waals surface area contributed by atoms with Crippen LogP contribution in [0, 0.1) is 5.92 Å². The molecule has 0 aromatic carbocycles. The predicted molar refractivity (Wildman–Crippen MR) is 62.9 cm³/mol. The van der Waals surface area contributed by atoms with Crippen molar-refractivity contribution in [2.45, 2.75) is 66.0 Å². The molecule has 14 heavy (non-hydrogen) atoms. The highest BCUT2D eigenvalue weighted by atomic mass is 16.3. The monoisotopic (exact) mass is 199 g/mol. The zero-order chi connectivity index (χ0) is 11.4. The lowest BCUT2D eigenvalue weighted by Crippen LogP contribution is -2.43. The summed E-state index contributed by atoms with van der Waals surface area (Å²) in [5.41, 5.74) is 0.240. The largest absolute Gasteiger partial charge is 0.384 e. The molecular weight excluding hydrogens is 174 g/mol. The molecule has 0 spiro atoms. The normalized spacial score (nSPS) is 17.6. The van der Waals surface area contributed by atoms with Crippen molar-refractivity contribution in [2.75, 3.05) is 0 Å². The SMILES string of the molecule is CCC(=NC(C)C)C(O)(CC)C(C)C. The Morgan fingerprint density at radius 3 is 1.93 bits per heavy atom. The molecule has 84 valence electrons.